The Morgan fingerprint density at radius 2 is 1.53 bits per heavy atom. The molecular weight excluding hydrogens is 386 g/mol. The highest BCUT2D eigenvalue weighted by molar-refractivity contribution is 5.71. The molecule has 0 radical (unpaired) electrons. The number of rotatable bonds is 9. The van der Waals surface area contributed by atoms with E-state index in [1.165, 1.54) is 14.1 Å². The topological polar surface area (TPSA) is 90.8 Å². The van der Waals surface area contributed by atoms with Crippen LogP contribution in [0.2, 0.25) is 0 Å². The van der Waals surface area contributed by atoms with Gasteiger partial charge in [0.25, 0.3) is 0 Å². The van der Waals surface area contributed by atoms with Gasteiger partial charge in [0.2, 0.25) is 0 Å². The number of benzene rings is 1. The van der Waals surface area contributed by atoms with E-state index in [1.54, 1.807) is 0 Å². The fourth-order valence-corrected chi connectivity index (χ4v) is 3.11. The van der Waals surface area contributed by atoms with Crippen molar-refractivity contribution in [2.24, 2.45) is 7.05 Å². The molecule has 0 fully saturated rings. The molecule has 8 heteroatoms. The summed E-state index contributed by atoms with van der Waals surface area (Å²) in [5.41, 5.74) is 4.37. The number of nitrogens with one attached hydrogen (secondary N) is 2. The van der Waals surface area contributed by atoms with Crippen molar-refractivity contribution in [3.8, 4) is 17.0 Å². The molecule has 0 aliphatic heterocycles. The smallest absolute Gasteiger partial charge is 0.407 e. The van der Waals surface area contributed by atoms with Gasteiger partial charge in [-0.1, -0.05) is 13.3 Å². The standard InChI is InChI=1S/C22H31N3O5/c1-6-7-12-28-17-10-8-16(9-11-17)20-19(14-30-22(27)24-4)18(15(2)25(20)5)13-29-21(26)23-3/h8-11H,6-7,12-14H2,1-5H3,(H,23,26)(H,24,27). The molecule has 1 aromatic carbocycles. The lowest BCUT2D eigenvalue weighted by Gasteiger charge is -2.12. The quantitative estimate of drug-likeness (QED) is 0.604. The summed E-state index contributed by atoms with van der Waals surface area (Å²) in [5, 5.41) is 4.88. The van der Waals surface area contributed by atoms with Gasteiger partial charge < -0.3 is 29.4 Å². The van der Waals surface area contributed by atoms with Crippen LogP contribution in [0.15, 0.2) is 24.3 Å². The number of ether oxygens (including phenoxy) is 3. The Hall–Kier alpha value is -3.16. The van der Waals surface area contributed by atoms with Crippen molar-refractivity contribution in [2.75, 3.05) is 20.7 Å². The van der Waals surface area contributed by atoms with Crippen molar-refractivity contribution in [3.05, 3.63) is 41.1 Å². The zero-order valence-corrected chi connectivity index (χ0v) is 18.3. The van der Waals surface area contributed by atoms with Crippen LogP contribution in [0.4, 0.5) is 9.59 Å². The van der Waals surface area contributed by atoms with Crippen LogP contribution in [0.25, 0.3) is 11.3 Å². The average molecular weight is 418 g/mol. The van der Waals surface area contributed by atoms with Crippen molar-refractivity contribution in [3.63, 3.8) is 0 Å². The second-order valence-electron chi connectivity index (χ2n) is 6.83. The van der Waals surface area contributed by atoms with Crippen molar-refractivity contribution < 1.29 is 23.8 Å². The molecule has 0 aliphatic carbocycles. The third-order valence-electron chi connectivity index (χ3n) is 4.92. The molecule has 0 atom stereocenters. The number of aromatic nitrogens is 1. The number of unbranched alkanes of at least 4 members (excludes halogenated alkanes) is 1. The summed E-state index contributed by atoms with van der Waals surface area (Å²) in [6.45, 7) is 4.88. The second kappa shape index (κ2) is 11.1. The van der Waals surface area contributed by atoms with Gasteiger partial charge in [-0.3, -0.25) is 0 Å². The third kappa shape index (κ3) is 5.68. The van der Waals surface area contributed by atoms with Crippen LogP contribution in [0.5, 0.6) is 5.75 Å². The summed E-state index contributed by atoms with van der Waals surface area (Å²) in [4.78, 5) is 23.2. The molecule has 0 spiro atoms. The minimum absolute atomic E-state index is 0.0534. The number of hydrogen-bond donors (Lipinski definition) is 2. The lowest BCUT2D eigenvalue weighted by molar-refractivity contribution is 0.134. The Morgan fingerprint density at radius 1 is 0.967 bits per heavy atom. The Balaban J connectivity index is 2.38. The molecular formula is C22H31N3O5. The first kappa shape index (κ1) is 23.1. The molecule has 1 aromatic heterocycles. The highest BCUT2D eigenvalue weighted by Gasteiger charge is 2.22. The Bertz CT molecular complexity index is 859. The minimum atomic E-state index is -0.528. The van der Waals surface area contributed by atoms with Gasteiger partial charge in [-0.2, -0.15) is 0 Å². The van der Waals surface area contributed by atoms with Crippen LogP contribution < -0.4 is 15.4 Å². The van der Waals surface area contributed by atoms with Crippen LogP contribution >= 0.6 is 0 Å². The monoisotopic (exact) mass is 417 g/mol. The minimum Gasteiger partial charge on any atom is -0.494 e. The predicted octanol–water partition coefficient (Wildman–Crippen LogP) is 3.89. The van der Waals surface area contributed by atoms with Gasteiger partial charge in [0.1, 0.15) is 19.0 Å². The van der Waals surface area contributed by atoms with E-state index in [0.717, 1.165) is 46.7 Å². The maximum Gasteiger partial charge on any atom is 0.407 e. The average Bonchev–Trinajstić information content (AvgIpc) is 3.00. The first-order chi connectivity index (χ1) is 14.4. The van der Waals surface area contributed by atoms with Crippen molar-refractivity contribution in [1.29, 1.82) is 0 Å². The number of hydrogen-bond acceptors (Lipinski definition) is 5. The Morgan fingerprint density at radius 3 is 2.07 bits per heavy atom. The summed E-state index contributed by atoms with van der Waals surface area (Å²) in [5.74, 6) is 0.810. The molecule has 164 valence electrons. The Labute approximate surface area is 177 Å². The number of carbonyl (C=O) groups excluding carboxylic acids is 2. The van der Waals surface area contributed by atoms with E-state index >= 15 is 0 Å². The normalized spacial score (nSPS) is 10.4. The second-order valence-corrected chi connectivity index (χ2v) is 6.83. The maximum absolute atomic E-state index is 11.7. The van der Waals surface area contributed by atoms with Gasteiger partial charge in [-0.25, -0.2) is 9.59 Å². The number of nitrogens with zero attached hydrogens (tertiary/aromatic N) is 1. The highest BCUT2D eigenvalue weighted by Crippen LogP contribution is 2.33. The van der Waals surface area contributed by atoms with Crippen LogP contribution in [-0.2, 0) is 29.7 Å². The van der Waals surface area contributed by atoms with E-state index in [9.17, 15) is 9.59 Å². The fraction of sp³-hybridized carbons (Fsp3) is 0.455. The van der Waals surface area contributed by atoms with Crippen LogP contribution in [0.3, 0.4) is 0 Å². The highest BCUT2D eigenvalue weighted by atomic mass is 16.6. The number of alkyl carbamates (subject to hydrolysis) is 2. The molecule has 2 rings (SSSR count). The molecule has 0 aliphatic rings. The first-order valence-corrected chi connectivity index (χ1v) is 10.0. The molecule has 0 unspecified atom stereocenters. The third-order valence-corrected chi connectivity index (χ3v) is 4.92. The van der Waals surface area contributed by atoms with Crippen molar-refractivity contribution in [1.82, 2.24) is 15.2 Å². The summed E-state index contributed by atoms with van der Waals surface area (Å²) < 4.78 is 18.4. The SMILES string of the molecule is CCCCOc1ccc(-c2c(COC(=O)NC)c(COC(=O)NC)c(C)n2C)cc1. The summed E-state index contributed by atoms with van der Waals surface area (Å²) >= 11 is 0. The number of carbonyl (C=O) groups is 2. The van der Waals surface area contributed by atoms with Gasteiger partial charge in [0.05, 0.1) is 12.3 Å². The zero-order chi connectivity index (χ0) is 22.1. The Kier molecular flexibility index (Phi) is 8.58. The van der Waals surface area contributed by atoms with Gasteiger partial charge in [-0.05, 0) is 43.2 Å². The van der Waals surface area contributed by atoms with Gasteiger partial charge in [0.15, 0.2) is 0 Å². The molecule has 8 nitrogen and oxygen atoms in total. The first-order valence-electron chi connectivity index (χ1n) is 10.0. The van der Waals surface area contributed by atoms with E-state index in [2.05, 4.69) is 17.6 Å². The van der Waals surface area contributed by atoms with E-state index in [0.29, 0.717) is 6.61 Å². The zero-order valence-electron chi connectivity index (χ0n) is 18.3. The van der Waals surface area contributed by atoms with Crippen LogP contribution in [0, 0.1) is 6.92 Å². The summed E-state index contributed by atoms with van der Waals surface area (Å²) in [6.07, 6.45) is 1.04. The number of amides is 2. The van der Waals surface area contributed by atoms with E-state index in [4.69, 9.17) is 14.2 Å². The summed E-state index contributed by atoms with van der Waals surface area (Å²) in [7, 11) is 4.95. The molecule has 30 heavy (non-hydrogen) atoms. The van der Waals surface area contributed by atoms with Crippen molar-refractivity contribution in [2.45, 2.75) is 39.9 Å². The van der Waals surface area contributed by atoms with Crippen LogP contribution in [0.1, 0.15) is 36.6 Å². The molecule has 0 saturated carbocycles. The van der Waals surface area contributed by atoms with E-state index < -0.39 is 12.2 Å². The van der Waals surface area contributed by atoms with Gasteiger partial charge in [-0.15, -0.1) is 0 Å². The van der Waals surface area contributed by atoms with Crippen molar-refractivity contribution >= 4 is 12.2 Å². The predicted molar refractivity (Wildman–Crippen MR) is 114 cm³/mol. The lowest BCUT2D eigenvalue weighted by atomic mass is 10.0. The molecule has 0 saturated heterocycles. The van der Waals surface area contributed by atoms with E-state index in [-0.39, 0.29) is 13.2 Å². The fourth-order valence-electron chi connectivity index (χ4n) is 3.11. The van der Waals surface area contributed by atoms with E-state index in [1.807, 2.05) is 42.8 Å². The van der Waals surface area contributed by atoms with Gasteiger partial charge >= 0.3 is 12.2 Å². The molecule has 2 amide bonds. The molecule has 2 N–H and O–H groups in total. The lowest BCUT2D eigenvalue weighted by Crippen LogP contribution is -2.20. The maximum atomic E-state index is 11.7. The van der Waals surface area contributed by atoms with Crippen LogP contribution in [-0.4, -0.2) is 37.5 Å². The molecule has 1 heterocycles. The summed E-state index contributed by atoms with van der Waals surface area (Å²) in [6, 6.07) is 7.81. The largest absolute Gasteiger partial charge is 0.494 e. The molecule has 2 aromatic rings. The van der Waals surface area contributed by atoms with Gasteiger partial charge in [0, 0.05) is 38.0 Å². The molecule has 0 bridgehead atoms.